The monoisotopic (exact) mass is 498 g/mol. The van der Waals surface area contributed by atoms with E-state index in [0.717, 1.165) is 29.0 Å². The van der Waals surface area contributed by atoms with E-state index in [-0.39, 0.29) is 5.60 Å². The maximum Gasteiger partial charge on any atom is 0.426 e. The van der Waals surface area contributed by atoms with Gasteiger partial charge in [0.15, 0.2) is 17.9 Å². The van der Waals surface area contributed by atoms with E-state index in [4.69, 9.17) is 25.8 Å². The summed E-state index contributed by atoms with van der Waals surface area (Å²) in [6, 6.07) is 13.1. The molecule has 3 rings (SSSR count). The van der Waals surface area contributed by atoms with Gasteiger partial charge in [-0.2, -0.15) is 4.08 Å². The lowest BCUT2D eigenvalue weighted by Gasteiger charge is -2.32. The predicted octanol–water partition coefficient (Wildman–Crippen LogP) is 6.02. The van der Waals surface area contributed by atoms with Crippen LogP contribution >= 0.6 is 31.2 Å². The maximum absolute atomic E-state index is 12.8. The average molecular weight is 499 g/mol. The number of ether oxygens (including phenoxy) is 2. The van der Waals surface area contributed by atoms with Gasteiger partial charge in [0.25, 0.3) is 0 Å². The van der Waals surface area contributed by atoms with Gasteiger partial charge in [0.2, 0.25) is 0 Å². The van der Waals surface area contributed by atoms with E-state index in [1.165, 1.54) is 4.31 Å². The third-order valence-electron chi connectivity index (χ3n) is 4.68. The summed E-state index contributed by atoms with van der Waals surface area (Å²) in [7, 11) is 3.46. The summed E-state index contributed by atoms with van der Waals surface area (Å²) in [6.07, 6.45) is -1.58. The minimum atomic E-state index is -2.44. The minimum absolute atomic E-state index is 0.320. The van der Waals surface area contributed by atoms with Crippen LogP contribution in [0.15, 0.2) is 47.4 Å². The third-order valence-corrected chi connectivity index (χ3v) is 10.9. The second kappa shape index (κ2) is 9.63. The highest BCUT2D eigenvalue weighted by atomic mass is 32.5. The van der Waals surface area contributed by atoms with Gasteiger partial charge in [0, 0.05) is 37.1 Å². The van der Waals surface area contributed by atoms with Gasteiger partial charge in [-0.1, -0.05) is 31.2 Å². The SMILES string of the molecule is CCP(=S)(Oc1ccccc1S)N(C)SN(C)C(=O)Oc1cccc2c1OC(C)(C)C2. The van der Waals surface area contributed by atoms with Crippen LogP contribution in [-0.2, 0) is 18.2 Å². The zero-order valence-electron chi connectivity index (χ0n) is 18.2. The first kappa shape index (κ1) is 24.3. The molecule has 0 aliphatic carbocycles. The molecule has 0 N–H and O–H groups in total. The van der Waals surface area contributed by atoms with Gasteiger partial charge in [0.05, 0.1) is 12.1 Å². The van der Waals surface area contributed by atoms with Crippen LogP contribution in [0.25, 0.3) is 0 Å². The van der Waals surface area contributed by atoms with Crippen LogP contribution < -0.4 is 14.0 Å². The topological polar surface area (TPSA) is 51.2 Å². The number of nitrogens with zero attached hydrogens (tertiary/aromatic N) is 2. The molecule has 0 saturated heterocycles. The number of benzene rings is 2. The van der Waals surface area contributed by atoms with Crippen molar-refractivity contribution < 1.29 is 18.8 Å². The quantitative estimate of drug-likeness (QED) is 0.284. The van der Waals surface area contributed by atoms with Gasteiger partial charge >= 0.3 is 6.09 Å². The molecule has 10 heteroatoms. The van der Waals surface area contributed by atoms with E-state index in [9.17, 15) is 4.79 Å². The summed E-state index contributed by atoms with van der Waals surface area (Å²) in [4.78, 5) is 13.5. The first-order valence-electron chi connectivity index (χ1n) is 9.80. The summed E-state index contributed by atoms with van der Waals surface area (Å²) < 4.78 is 21.0. The molecule has 1 atom stereocenters. The van der Waals surface area contributed by atoms with Crippen molar-refractivity contribution in [2.45, 2.75) is 37.7 Å². The van der Waals surface area contributed by atoms with Crippen LogP contribution in [0.4, 0.5) is 4.79 Å². The number of hydrogen-bond donors (Lipinski definition) is 1. The van der Waals surface area contributed by atoms with Crippen LogP contribution in [0.3, 0.4) is 0 Å². The van der Waals surface area contributed by atoms with Gasteiger partial charge < -0.3 is 14.0 Å². The molecule has 1 aliphatic rings. The van der Waals surface area contributed by atoms with Crippen molar-refractivity contribution in [3.05, 3.63) is 48.0 Å². The fraction of sp³-hybridized carbons (Fsp3) is 0.381. The maximum atomic E-state index is 12.8. The fourth-order valence-electron chi connectivity index (χ4n) is 3.10. The molecule has 2 aromatic rings. The summed E-state index contributed by atoms with van der Waals surface area (Å²) in [6.45, 7) is 6.00. The minimum Gasteiger partial charge on any atom is -0.483 e. The molecule has 31 heavy (non-hydrogen) atoms. The van der Waals surface area contributed by atoms with E-state index in [1.54, 1.807) is 13.1 Å². The number of fused-ring (bicyclic) bond motifs is 1. The normalized spacial score (nSPS) is 16.2. The lowest BCUT2D eigenvalue weighted by atomic mass is 10.0. The van der Waals surface area contributed by atoms with Crippen LogP contribution in [0.2, 0.25) is 0 Å². The number of para-hydroxylation sites is 2. The Morgan fingerprint density at radius 3 is 2.58 bits per heavy atom. The first-order chi connectivity index (χ1) is 14.5. The van der Waals surface area contributed by atoms with Crippen LogP contribution in [-0.4, -0.2) is 40.3 Å². The van der Waals surface area contributed by atoms with E-state index < -0.39 is 12.5 Å². The zero-order valence-corrected chi connectivity index (χ0v) is 21.6. The summed E-state index contributed by atoms with van der Waals surface area (Å²) in [5.41, 5.74) is 0.711. The Morgan fingerprint density at radius 1 is 1.23 bits per heavy atom. The standard InChI is InChI=1S/C21H27N2O4PS3/c1-6-28(30,27-16-11-7-8-13-18(16)29)23(5)31-22(4)20(24)25-17-12-9-10-15-14-21(2,3)26-19(15)17/h7-13,29H,6,14H2,1-5H3. The van der Waals surface area contributed by atoms with Gasteiger partial charge in [-0.3, -0.25) is 0 Å². The lowest BCUT2D eigenvalue weighted by Crippen LogP contribution is -2.28. The first-order valence-corrected chi connectivity index (χ1v) is 13.8. The molecule has 168 valence electrons. The van der Waals surface area contributed by atoms with Gasteiger partial charge in [-0.05, 0) is 43.9 Å². The molecule has 0 aromatic heterocycles. The highest BCUT2D eigenvalue weighted by molar-refractivity contribution is 8.17. The number of rotatable bonds is 7. The number of amides is 1. The fourth-order valence-corrected chi connectivity index (χ4v) is 6.68. The number of carbonyl (C=O) groups excluding carboxylic acids is 1. The molecule has 2 aromatic carbocycles. The summed E-state index contributed by atoms with van der Waals surface area (Å²) >= 11 is 11.5. The van der Waals surface area contributed by atoms with Crippen molar-refractivity contribution in [2.24, 2.45) is 0 Å². The zero-order chi connectivity index (χ0) is 22.8. The molecule has 0 bridgehead atoms. The number of carbonyl (C=O) groups is 1. The van der Waals surface area contributed by atoms with Gasteiger partial charge in [0.1, 0.15) is 11.4 Å². The summed E-state index contributed by atoms with van der Waals surface area (Å²) in [5, 5.41) is 0. The van der Waals surface area contributed by atoms with E-state index in [0.29, 0.717) is 23.4 Å². The predicted molar refractivity (Wildman–Crippen MR) is 133 cm³/mol. The molecular formula is C21H27N2O4PS3. The van der Waals surface area contributed by atoms with Crippen molar-refractivity contribution in [1.82, 2.24) is 8.38 Å². The molecule has 1 unspecified atom stereocenters. The molecule has 0 saturated carbocycles. The van der Waals surface area contributed by atoms with Crippen LogP contribution in [0.5, 0.6) is 17.2 Å². The van der Waals surface area contributed by atoms with Crippen molar-refractivity contribution in [3.8, 4) is 17.2 Å². The van der Waals surface area contributed by atoms with Crippen molar-refractivity contribution in [2.75, 3.05) is 20.3 Å². The Labute approximate surface area is 199 Å². The third kappa shape index (κ3) is 5.71. The van der Waals surface area contributed by atoms with Crippen molar-refractivity contribution in [1.29, 1.82) is 0 Å². The van der Waals surface area contributed by atoms with Crippen molar-refractivity contribution in [3.63, 3.8) is 0 Å². The Balaban J connectivity index is 1.67. The second-order valence-corrected chi connectivity index (χ2v) is 14.1. The van der Waals surface area contributed by atoms with Gasteiger partial charge in [-0.25, -0.2) is 9.10 Å². The molecule has 1 aliphatic heterocycles. The smallest absolute Gasteiger partial charge is 0.426 e. The van der Waals surface area contributed by atoms with E-state index in [2.05, 4.69) is 12.6 Å². The van der Waals surface area contributed by atoms with Crippen LogP contribution in [0, 0.1) is 0 Å². The Morgan fingerprint density at radius 2 is 1.90 bits per heavy atom. The molecular weight excluding hydrogens is 471 g/mol. The molecule has 1 heterocycles. The Kier molecular flexibility index (Phi) is 7.54. The summed E-state index contributed by atoms with van der Waals surface area (Å²) in [5.74, 6) is 1.67. The Hall–Kier alpha value is -1.38. The molecule has 0 spiro atoms. The highest BCUT2D eigenvalue weighted by Gasteiger charge is 2.33. The number of thiol groups is 1. The highest BCUT2D eigenvalue weighted by Crippen LogP contribution is 2.54. The van der Waals surface area contributed by atoms with E-state index in [1.807, 2.05) is 68.3 Å². The van der Waals surface area contributed by atoms with Gasteiger partial charge in [-0.15, -0.1) is 12.6 Å². The largest absolute Gasteiger partial charge is 0.483 e. The molecule has 6 nitrogen and oxygen atoms in total. The van der Waals surface area contributed by atoms with Crippen molar-refractivity contribution >= 4 is 49.1 Å². The average Bonchev–Trinajstić information content (AvgIpc) is 3.04. The molecule has 1 amide bonds. The molecule has 0 fully saturated rings. The Bertz CT molecular complexity index is 1020. The van der Waals surface area contributed by atoms with E-state index >= 15 is 0 Å². The molecule has 0 radical (unpaired) electrons. The number of hydrogen-bond acceptors (Lipinski definition) is 7. The van der Waals surface area contributed by atoms with Crippen LogP contribution in [0.1, 0.15) is 26.3 Å². The lowest BCUT2D eigenvalue weighted by molar-refractivity contribution is 0.131. The second-order valence-electron chi connectivity index (χ2n) is 7.71.